The normalized spacial score (nSPS) is 14.6. The Hall–Kier alpha value is -2.02. The predicted molar refractivity (Wildman–Crippen MR) is 114 cm³/mol. The number of para-hydroxylation sites is 1. The molecule has 0 atom stereocenters. The molecule has 1 fully saturated rings. The van der Waals surface area contributed by atoms with Gasteiger partial charge in [-0.2, -0.15) is 0 Å². The Balaban J connectivity index is 1.42. The second kappa shape index (κ2) is 7.54. The van der Waals surface area contributed by atoms with Crippen LogP contribution in [0.2, 0.25) is 10.0 Å². The molecule has 3 aromatic rings. The first kappa shape index (κ1) is 18.3. The number of aromatic nitrogens is 1. The summed E-state index contributed by atoms with van der Waals surface area (Å²) >= 11 is 14.0. The van der Waals surface area contributed by atoms with E-state index in [1.807, 2.05) is 31.2 Å². The number of hydrogen-bond donors (Lipinski definition) is 1. The van der Waals surface area contributed by atoms with Crippen LogP contribution in [0.5, 0.6) is 0 Å². The number of carbonyl (C=O) groups is 1. The lowest BCUT2D eigenvalue weighted by Crippen LogP contribution is -2.50. The molecular weight excluding hydrogens is 403 g/mol. The number of amides is 2. The molecule has 0 saturated carbocycles. The van der Waals surface area contributed by atoms with Crippen molar-refractivity contribution in [3.8, 4) is 0 Å². The van der Waals surface area contributed by atoms with Gasteiger partial charge < -0.3 is 15.1 Å². The van der Waals surface area contributed by atoms with Gasteiger partial charge in [-0.25, -0.2) is 9.78 Å². The average molecular weight is 421 g/mol. The van der Waals surface area contributed by atoms with Crippen LogP contribution >= 0.6 is 34.5 Å². The van der Waals surface area contributed by atoms with Gasteiger partial charge >= 0.3 is 6.03 Å². The number of urea groups is 1. The van der Waals surface area contributed by atoms with E-state index in [2.05, 4.69) is 10.2 Å². The van der Waals surface area contributed by atoms with Gasteiger partial charge in [0.1, 0.15) is 0 Å². The number of benzene rings is 2. The molecule has 1 aliphatic rings. The van der Waals surface area contributed by atoms with Gasteiger partial charge in [0.05, 0.1) is 20.9 Å². The van der Waals surface area contributed by atoms with E-state index in [9.17, 15) is 4.79 Å². The molecule has 5 nitrogen and oxygen atoms in total. The van der Waals surface area contributed by atoms with Gasteiger partial charge in [0, 0.05) is 31.2 Å². The van der Waals surface area contributed by atoms with Gasteiger partial charge in [-0.15, -0.1) is 0 Å². The van der Waals surface area contributed by atoms with Crippen molar-refractivity contribution >= 4 is 61.6 Å². The number of piperazine rings is 1. The van der Waals surface area contributed by atoms with Crippen molar-refractivity contribution in [2.24, 2.45) is 0 Å². The van der Waals surface area contributed by atoms with Crippen molar-refractivity contribution in [3.63, 3.8) is 0 Å². The van der Waals surface area contributed by atoms with Gasteiger partial charge in [-0.3, -0.25) is 0 Å². The van der Waals surface area contributed by atoms with Crippen molar-refractivity contribution in [1.29, 1.82) is 0 Å². The van der Waals surface area contributed by atoms with E-state index in [0.29, 0.717) is 23.8 Å². The molecule has 140 valence electrons. The Kier molecular flexibility index (Phi) is 5.12. The van der Waals surface area contributed by atoms with Crippen LogP contribution < -0.4 is 10.2 Å². The Morgan fingerprint density at radius 3 is 2.56 bits per heavy atom. The van der Waals surface area contributed by atoms with Crippen LogP contribution in [0.4, 0.5) is 15.6 Å². The first-order valence-corrected chi connectivity index (χ1v) is 10.2. The molecule has 0 unspecified atom stereocenters. The maximum Gasteiger partial charge on any atom is 0.322 e. The zero-order valence-electron chi connectivity index (χ0n) is 14.7. The average Bonchev–Trinajstić information content (AvgIpc) is 3.12. The van der Waals surface area contributed by atoms with Crippen LogP contribution in [-0.4, -0.2) is 42.1 Å². The first-order valence-electron chi connectivity index (χ1n) is 8.64. The summed E-state index contributed by atoms with van der Waals surface area (Å²) in [6.07, 6.45) is 0. The minimum absolute atomic E-state index is 0.130. The summed E-state index contributed by atoms with van der Waals surface area (Å²) < 4.78 is 1.13. The molecule has 0 radical (unpaired) electrons. The fraction of sp³-hybridized carbons (Fsp3) is 0.263. The fourth-order valence-electron chi connectivity index (χ4n) is 3.08. The molecule has 8 heteroatoms. The van der Waals surface area contributed by atoms with E-state index < -0.39 is 0 Å². The summed E-state index contributed by atoms with van der Waals surface area (Å²) in [7, 11) is 0. The molecule has 2 aromatic carbocycles. The third-order valence-electron chi connectivity index (χ3n) is 4.69. The first-order chi connectivity index (χ1) is 13.0. The van der Waals surface area contributed by atoms with Crippen molar-refractivity contribution in [3.05, 3.63) is 52.0 Å². The monoisotopic (exact) mass is 420 g/mol. The minimum atomic E-state index is -0.130. The quantitative estimate of drug-likeness (QED) is 0.614. The fourth-order valence-corrected chi connectivity index (χ4v) is 4.49. The minimum Gasteiger partial charge on any atom is -0.345 e. The van der Waals surface area contributed by atoms with Gasteiger partial charge in [0.2, 0.25) is 0 Å². The number of fused-ring (bicyclic) bond motifs is 1. The maximum atomic E-state index is 12.5. The van der Waals surface area contributed by atoms with Crippen molar-refractivity contribution in [2.45, 2.75) is 6.92 Å². The lowest BCUT2D eigenvalue weighted by molar-refractivity contribution is 0.208. The highest BCUT2D eigenvalue weighted by Crippen LogP contribution is 2.33. The molecule has 4 rings (SSSR count). The van der Waals surface area contributed by atoms with Gasteiger partial charge in [0.15, 0.2) is 5.13 Å². The molecule has 1 N–H and O–H groups in total. The largest absolute Gasteiger partial charge is 0.345 e. The van der Waals surface area contributed by atoms with E-state index in [4.69, 9.17) is 28.2 Å². The molecule has 1 aliphatic heterocycles. The lowest BCUT2D eigenvalue weighted by Gasteiger charge is -2.34. The van der Waals surface area contributed by atoms with E-state index in [0.717, 1.165) is 39.0 Å². The highest BCUT2D eigenvalue weighted by atomic mass is 35.5. The topological polar surface area (TPSA) is 48.5 Å². The number of rotatable bonds is 2. The second-order valence-corrected chi connectivity index (χ2v) is 8.22. The summed E-state index contributed by atoms with van der Waals surface area (Å²) in [6.45, 7) is 4.73. The van der Waals surface area contributed by atoms with Crippen LogP contribution in [-0.2, 0) is 0 Å². The molecule has 2 heterocycles. The summed E-state index contributed by atoms with van der Waals surface area (Å²) in [5, 5.41) is 5.12. The standard InChI is InChI=1S/C19H18Cl2N4OS/c1-12-13(20)6-7-16-17(12)23-19(27-16)25-10-8-24(9-11-25)18(26)22-15-5-3-2-4-14(15)21/h2-7H,8-11H2,1H3,(H,22,26). The van der Waals surface area contributed by atoms with Crippen LogP contribution in [0, 0.1) is 6.92 Å². The van der Waals surface area contributed by atoms with E-state index in [1.54, 1.807) is 28.4 Å². The number of carbonyl (C=O) groups excluding carboxylic acids is 1. The Labute approximate surface area is 171 Å². The van der Waals surface area contributed by atoms with E-state index in [-0.39, 0.29) is 6.03 Å². The zero-order chi connectivity index (χ0) is 19.0. The third kappa shape index (κ3) is 3.70. The molecule has 2 amide bonds. The number of halogens is 2. The van der Waals surface area contributed by atoms with Crippen LogP contribution in [0.1, 0.15) is 5.56 Å². The molecule has 27 heavy (non-hydrogen) atoms. The van der Waals surface area contributed by atoms with Crippen LogP contribution in [0.15, 0.2) is 36.4 Å². The summed E-state index contributed by atoms with van der Waals surface area (Å²) in [4.78, 5) is 21.3. The van der Waals surface area contributed by atoms with Gasteiger partial charge in [0.25, 0.3) is 0 Å². The van der Waals surface area contributed by atoms with Crippen LogP contribution in [0.25, 0.3) is 10.2 Å². The van der Waals surface area contributed by atoms with Crippen molar-refractivity contribution in [2.75, 3.05) is 36.4 Å². The van der Waals surface area contributed by atoms with Crippen molar-refractivity contribution in [1.82, 2.24) is 9.88 Å². The van der Waals surface area contributed by atoms with Gasteiger partial charge in [-0.05, 0) is 36.8 Å². The zero-order valence-corrected chi connectivity index (χ0v) is 17.0. The molecule has 0 aliphatic carbocycles. The number of nitrogens with one attached hydrogen (secondary N) is 1. The Morgan fingerprint density at radius 1 is 1.07 bits per heavy atom. The van der Waals surface area contributed by atoms with E-state index in [1.165, 1.54) is 0 Å². The van der Waals surface area contributed by atoms with Crippen molar-refractivity contribution < 1.29 is 4.79 Å². The van der Waals surface area contributed by atoms with E-state index >= 15 is 0 Å². The molecule has 1 aromatic heterocycles. The molecule has 1 saturated heterocycles. The number of hydrogen-bond acceptors (Lipinski definition) is 4. The Bertz CT molecular complexity index is 999. The summed E-state index contributed by atoms with van der Waals surface area (Å²) in [5.41, 5.74) is 2.60. The lowest BCUT2D eigenvalue weighted by atomic mass is 10.2. The smallest absolute Gasteiger partial charge is 0.322 e. The number of nitrogens with zero attached hydrogens (tertiary/aromatic N) is 3. The highest BCUT2D eigenvalue weighted by Gasteiger charge is 2.24. The maximum absolute atomic E-state index is 12.5. The van der Waals surface area contributed by atoms with Crippen LogP contribution in [0.3, 0.4) is 0 Å². The second-order valence-electron chi connectivity index (χ2n) is 6.40. The predicted octanol–water partition coefficient (Wildman–Crippen LogP) is 5.27. The summed E-state index contributed by atoms with van der Waals surface area (Å²) in [6, 6.07) is 11.0. The highest BCUT2D eigenvalue weighted by molar-refractivity contribution is 7.22. The molecular formula is C19H18Cl2N4OS. The number of aryl methyl sites for hydroxylation is 1. The number of thiazole rings is 1. The third-order valence-corrected chi connectivity index (χ3v) is 6.51. The SMILES string of the molecule is Cc1c(Cl)ccc2sc(N3CCN(C(=O)Nc4ccccc4Cl)CC3)nc12. The number of anilines is 2. The Morgan fingerprint density at radius 2 is 1.81 bits per heavy atom. The van der Waals surface area contributed by atoms with Gasteiger partial charge in [-0.1, -0.05) is 46.7 Å². The molecule has 0 bridgehead atoms. The summed E-state index contributed by atoms with van der Waals surface area (Å²) in [5.74, 6) is 0. The molecule has 0 spiro atoms.